The maximum Gasteiger partial charge on any atom is 0.267 e. The highest BCUT2D eigenvalue weighted by atomic mass is 32.2. The van der Waals surface area contributed by atoms with Crippen molar-refractivity contribution in [1.29, 1.82) is 0 Å². The van der Waals surface area contributed by atoms with Gasteiger partial charge < -0.3 is 14.6 Å². The van der Waals surface area contributed by atoms with E-state index in [2.05, 4.69) is 0 Å². The number of carbonyl (C=O) groups excluding carboxylic acids is 1. The number of aryl methyl sites for hydroxylation is 3. The number of carbonyl (C=O) groups is 1. The number of pyridine rings is 1. The van der Waals surface area contributed by atoms with Crippen LogP contribution >= 0.6 is 11.8 Å². The zero-order valence-corrected chi connectivity index (χ0v) is 17.0. The number of hydrogen-bond acceptors (Lipinski definition) is 4. The van der Waals surface area contributed by atoms with Gasteiger partial charge in [-0.3, -0.25) is 9.59 Å². The molecule has 1 amide bonds. The molecule has 0 fully saturated rings. The largest absolute Gasteiger partial charge is 0.506 e. The number of thioether (sulfide) groups is 1. The normalized spacial score (nSPS) is 13.0. The van der Waals surface area contributed by atoms with Gasteiger partial charge in [0.1, 0.15) is 11.3 Å². The average Bonchev–Trinajstić information content (AvgIpc) is 3.19. The van der Waals surface area contributed by atoms with Crippen LogP contribution in [0, 0.1) is 0 Å². The molecule has 1 aliphatic rings. The van der Waals surface area contributed by atoms with Crippen molar-refractivity contribution in [2.24, 2.45) is 7.05 Å². The molecule has 0 atom stereocenters. The van der Waals surface area contributed by atoms with Crippen molar-refractivity contribution >= 4 is 34.3 Å². The zero-order chi connectivity index (χ0) is 20.0. The molecule has 4 rings (SSSR count). The Labute approximate surface area is 167 Å². The Morgan fingerprint density at radius 1 is 1.14 bits per heavy atom. The first-order valence-corrected chi connectivity index (χ1v) is 10.4. The summed E-state index contributed by atoms with van der Waals surface area (Å²) in [5, 5.41) is 11.3. The van der Waals surface area contributed by atoms with E-state index >= 15 is 0 Å². The molecule has 0 spiro atoms. The molecule has 28 heavy (non-hydrogen) atoms. The topological polar surface area (TPSA) is 62.5 Å². The number of amides is 1. The molecule has 0 saturated carbocycles. The van der Waals surface area contributed by atoms with Gasteiger partial charge in [-0.05, 0) is 67.0 Å². The van der Waals surface area contributed by atoms with Crippen LogP contribution in [-0.2, 0) is 19.9 Å². The second-order valence-electron chi connectivity index (χ2n) is 7.14. The smallest absolute Gasteiger partial charge is 0.267 e. The number of nitrogens with zero attached hydrogens (tertiary/aromatic N) is 2. The number of benzene rings is 2. The first kappa shape index (κ1) is 18.6. The highest BCUT2D eigenvalue weighted by molar-refractivity contribution is 7.98. The van der Waals surface area contributed by atoms with E-state index in [-0.39, 0.29) is 11.3 Å². The van der Waals surface area contributed by atoms with Crippen LogP contribution in [0.3, 0.4) is 0 Å². The minimum Gasteiger partial charge on any atom is -0.506 e. The standard InChI is InChI=1S/C22H22N2O3S/c1-23(15-8-7-13-5-4-6-14(13)11-15)21(26)19-20(25)17-12-16(28-3)9-10-18(17)24(2)22(19)27/h7-12,25H,4-6H2,1-3H3. The van der Waals surface area contributed by atoms with Crippen molar-refractivity contribution in [3.63, 3.8) is 0 Å². The summed E-state index contributed by atoms with van der Waals surface area (Å²) in [5.41, 5.74) is 3.19. The van der Waals surface area contributed by atoms with Gasteiger partial charge in [0.15, 0.2) is 0 Å². The van der Waals surface area contributed by atoms with Gasteiger partial charge in [-0.1, -0.05) is 6.07 Å². The van der Waals surface area contributed by atoms with Gasteiger partial charge in [0.05, 0.1) is 5.52 Å². The number of hydrogen-bond donors (Lipinski definition) is 1. The molecule has 0 saturated heterocycles. The lowest BCUT2D eigenvalue weighted by atomic mass is 10.1. The van der Waals surface area contributed by atoms with Crippen LogP contribution in [0.15, 0.2) is 46.1 Å². The Kier molecular flexibility index (Phi) is 4.67. The van der Waals surface area contributed by atoms with Crippen LogP contribution in [0.2, 0.25) is 0 Å². The van der Waals surface area contributed by atoms with Gasteiger partial charge in [0, 0.05) is 30.1 Å². The average molecular weight is 394 g/mol. The molecule has 2 aromatic carbocycles. The molecule has 0 aliphatic heterocycles. The van der Waals surface area contributed by atoms with Crippen LogP contribution in [-0.4, -0.2) is 28.9 Å². The summed E-state index contributed by atoms with van der Waals surface area (Å²) in [6, 6.07) is 11.4. The van der Waals surface area contributed by atoms with Crippen LogP contribution in [0.5, 0.6) is 5.75 Å². The van der Waals surface area contributed by atoms with Crippen molar-refractivity contribution < 1.29 is 9.90 Å². The third kappa shape index (κ3) is 2.88. The van der Waals surface area contributed by atoms with Gasteiger partial charge in [0.25, 0.3) is 11.5 Å². The minimum atomic E-state index is -0.507. The molecular weight excluding hydrogens is 372 g/mol. The van der Waals surface area contributed by atoms with Gasteiger partial charge in [-0.15, -0.1) is 11.8 Å². The molecule has 3 aromatic rings. The number of aromatic nitrogens is 1. The van der Waals surface area contributed by atoms with Gasteiger partial charge in [-0.25, -0.2) is 0 Å². The molecule has 0 bridgehead atoms. The van der Waals surface area contributed by atoms with Gasteiger partial charge in [-0.2, -0.15) is 0 Å². The molecule has 1 heterocycles. The molecule has 0 radical (unpaired) electrons. The summed E-state index contributed by atoms with van der Waals surface area (Å²) < 4.78 is 1.42. The monoisotopic (exact) mass is 394 g/mol. The Bertz CT molecular complexity index is 1170. The molecule has 0 unspecified atom stereocenters. The van der Waals surface area contributed by atoms with Crippen molar-refractivity contribution in [3.05, 3.63) is 63.4 Å². The molecule has 5 nitrogen and oxygen atoms in total. The van der Waals surface area contributed by atoms with Gasteiger partial charge in [0.2, 0.25) is 0 Å². The number of fused-ring (bicyclic) bond motifs is 2. The van der Waals surface area contributed by atoms with Crippen molar-refractivity contribution in [2.75, 3.05) is 18.2 Å². The SMILES string of the molecule is CSc1ccc2c(c1)c(O)c(C(=O)N(C)c1ccc3c(c1)CCC3)c(=O)n2C. The fourth-order valence-electron chi connectivity index (χ4n) is 3.88. The first-order chi connectivity index (χ1) is 13.4. The predicted octanol–water partition coefficient (Wildman–Crippen LogP) is 3.73. The maximum atomic E-state index is 13.2. The molecule has 1 N–H and O–H groups in total. The van der Waals surface area contributed by atoms with Crippen molar-refractivity contribution in [1.82, 2.24) is 4.57 Å². The van der Waals surface area contributed by atoms with Crippen LogP contribution in [0.1, 0.15) is 27.9 Å². The summed E-state index contributed by atoms with van der Waals surface area (Å²) >= 11 is 1.54. The lowest BCUT2D eigenvalue weighted by Crippen LogP contribution is -2.34. The Morgan fingerprint density at radius 2 is 1.89 bits per heavy atom. The Balaban J connectivity index is 1.83. The number of anilines is 1. The molecule has 1 aliphatic carbocycles. The zero-order valence-electron chi connectivity index (χ0n) is 16.2. The van der Waals surface area contributed by atoms with E-state index in [1.165, 1.54) is 32.4 Å². The Hall–Kier alpha value is -2.73. The molecule has 144 valence electrons. The van der Waals surface area contributed by atoms with E-state index in [0.717, 1.165) is 29.8 Å². The minimum absolute atomic E-state index is 0.198. The van der Waals surface area contributed by atoms with Gasteiger partial charge >= 0.3 is 0 Å². The molecule has 6 heteroatoms. The molecular formula is C22H22N2O3S. The predicted molar refractivity (Wildman–Crippen MR) is 114 cm³/mol. The third-order valence-electron chi connectivity index (χ3n) is 5.56. The second kappa shape index (κ2) is 7.02. The summed E-state index contributed by atoms with van der Waals surface area (Å²) in [5.74, 6) is -0.764. The highest BCUT2D eigenvalue weighted by Crippen LogP contribution is 2.32. The van der Waals surface area contributed by atoms with E-state index in [1.54, 1.807) is 26.2 Å². The third-order valence-corrected chi connectivity index (χ3v) is 6.29. The summed E-state index contributed by atoms with van der Waals surface area (Å²) in [6.45, 7) is 0. The highest BCUT2D eigenvalue weighted by Gasteiger charge is 2.25. The lowest BCUT2D eigenvalue weighted by Gasteiger charge is -2.20. The van der Waals surface area contributed by atoms with E-state index in [1.807, 2.05) is 30.5 Å². The molecule has 1 aromatic heterocycles. The maximum absolute atomic E-state index is 13.2. The second-order valence-corrected chi connectivity index (χ2v) is 8.02. The van der Waals surface area contributed by atoms with Crippen molar-refractivity contribution in [3.8, 4) is 5.75 Å². The summed E-state index contributed by atoms with van der Waals surface area (Å²) in [6.07, 6.45) is 5.14. The van der Waals surface area contributed by atoms with E-state index < -0.39 is 11.5 Å². The Morgan fingerprint density at radius 3 is 2.64 bits per heavy atom. The number of aromatic hydroxyl groups is 1. The quantitative estimate of drug-likeness (QED) is 0.688. The van der Waals surface area contributed by atoms with E-state index in [4.69, 9.17) is 0 Å². The fourth-order valence-corrected chi connectivity index (χ4v) is 4.32. The first-order valence-electron chi connectivity index (χ1n) is 9.22. The van der Waals surface area contributed by atoms with E-state index in [9.17, 15) is 14.7 Å². The van der Waals surface area contributed by atoms with Crippen molar-refractivity contribution in [2.45, 2.75) is 24.2 Å². The number of rotatable bonds is 3. The lowest BCUT2D eigenvalue weighted by molar-refractivity contribution is 0.0988. The fraction of sp³-hybridized carbons (Fsp3) is 0.273. The van der Waals surface area contributed by atoms with Crippen LogP contribution in [0.25, 0.3) is 10.9 Å². The van der Waals surface area contributed by atoms with Crippen LogP contribution in [0.4, 0.5) is 5.69 Å². The van der Waals surface area contributed by atoms with E-state index in [0.29, 0.717) is 10.9 Å². The summed E-state index contributed by atoms with van der Waals surface area (Å²) in [4.78, 5) is 28.5. The summed E-state index contributed by atoms with van der Waals surface area (Å²) in [7, 11) is 3.26. The van der Waals surface area contributed by atoms with Crippen LogP contribution < -0.4 is 10.5 Å².